The van der Waals surface area contributed by atoms with Gasteiger partial charge in [-0.1, -0.05) is 39.3 Å². The lowest BCUT2D eigenvalue weighted by Gasteiger charge is -2.42. The van der Waals surface area contributed by atoms with Gasteiger partial charge in [0.1, 0.15) is 5.54 Å². The van der Waals surface area contributed by atoms with Crippen LogP contribution in [-0.4, -0.2) is 55.4 Å². The topological polar surface area (TPSA) is 95.5 Å². The van der Waals surface area contributed by atoms with Crippen molar-refractivity contribution in [1.29, 1.82) is 0 Å². The Morgan fingerprint density at radius 2 is 1.68 bits per heavy atom. The van der Waals surface area contributed by atoms with Crippen molar-refractivity contribution in [3.05, 3.63) is 59.8 Å². The number of rotatable bonds is 8. The highest BCUT2D eigenvalue weighted by Gasteiger charge is 2.46. The summed E-state index contributed by atoms with van der Waals surface area (Å²) in [5, 5.41) is 10.8. The number of piperidine rings is 1. The summed E-state index contributed by atoms with van der Waals surface area (Å²) in [6, 6.07) is 14.0. The number of anilines is 1. The molecule has 2 saturated heterocycles. The van der Waals surface area contributed by atoms with E-state index in [1.807, 2.05) is 42.8 Å². The lowest BCUT2D eigenvalue weighted by atomic mass is 9.73. The van der Waals surface area contributed by atoms with Crippen molar-refractivity contribution < 1.29 is 13.2 Å². The molecule has 2 fully saturated rings. The Morgan fingerprint density at radius 3 is 2.27 bits per heavy atom. The largest absolute Gasteiger partial charge is 0.380 e. The molecule has 2 aliphatic rings. The van der Waals surface area contributed by atoms with E-state index in [0.717, 1.165) is 60.1 Å². The molecule has 0 saturated carbocycles. The first-order valence-electron chi connectivity index (χ1n) is 14.4. The van der Waals surface area contributed by atoms with Crippen LogP contribution in [0.2, 0.25) is 0 Å². The smallest absolute Gasteiger partial charge is 0.246 e. The zero-order valence-corrected chi connectivity index (χ0v) is 25.2. The lowest BCUT2D eigenvalue weighted by Crippen LogP contribution is -2.54. The van der Waals surface area contributed by atoms with E-state index in [4.69, 9.17) is 0 Å². The van der Waals surface area contributed by atoms with Crippen molar-refractivity contribution in [2.24, 2.45) is 5.41 Å². The van der Waals surface area contributed by atoms with Crippen LogP contribution in [0.5, 0.6) is 0 Å². The van der Waals surface area contributed by atoms with Gasteiger partial charge in [0.2, 0.25) is 15.9 Å². The molecule has 1 amide bonds. The molecule has 5 rings (SSSR count). The predicted molar refractivity (Wildman–Crippen MR) is 161 cm³/mol. The first-order chi connectivity index (χ1) is 18.9. The normalized spacial score (nSPS) is 18.7. The summed E-state index contributed by atoms with van der Waals surface area (Å²) >= 11 is 0. The summed E-state index contributed by atoms with van der Waals surface area (Å²) in [6.07, 6.45) is 4.86. The molecular weight excluding hydrogens is 522 g/mol. The van der Waals surface area contributed by atoms with E-state index >= 15 is 0 Å². The second-order valence-corrected chi connectivity index (χ2v) is 14.5. The third kappa shape index (κ3) is 5.27. The third-order valence-electron chi connectivity index (χ3n) is 8.87. The summed E-state index contributed by atoms with van der Waals surface area (Å²) < 4.78 is 30.4. The molecule has 1 atom stereocenters. The van der Waals surface area contributed by atoms with Crippen LogP contribution in [0.1, 0.15) is 58.1 Å². The van der Waals surface area contributed by atoms with Crippen LogP contribution < -0.4 is 16.0 Å². The van der Waals surface area contributed by atoms with Gasteiger partial charge in [-0.25, -0.2) is 8.42 Å². The Labute approximate surface area is 238 Å². The highest BCUT2D eigenvalue weighted by Crippen LogP contribution is 2.41. The first-order valence-corrected chi connectivity index (χ1v) is 15.8. The van der Waals surface area contributed by atoms with Crippen LogP contribution >= 0.6 is 0 Å². The number of hydrogen-bond donors (Lipinski definition) is 3. The van der Waals surface area contributed by atoms with Crippen LogP contribution in [0, 0.1) is 12.3 Å². The summed E-state index contributed by atoms with van der Waals surface area (Å²) in [5.74, 6) is -0.0790. The van der Waals surface area contributed by atoms with Gasteiger partial charge in [0.15, 0.2) is 0 Å². The fraction of sp³-hybridized carbons (Fsp3) is 0.516. The number of sulfonamides is 1. The number of amides is 1. The molecular formula is C31H43N5O3S. The van der Waals surface area contributed by atoms with Crippen molar-refractivity contribution >= 4 is 32.5 Å². The first kappa shape index (κ1) is 28.6. The molecule has 9 heteroatoms. The van der Waals surface area contributed by atoms with Crippen molar-refractivity contribution in [3.63, 3.8) is 0 Å². The second kappa shape index (κ2) is 10.8. The maximum Gasteiger partial charge on any atom is 0.246 e. The highest BCUT2D eigenvalue weighted by molar-refractivity contribution is 7.89. The molecule has 40 heavy (non-hydrogen) atoms. The predicted octanol–water partition coefficient (Wildman–Crippen LogP) is 4.59. The van der Waals surface area contributed by atoms with E-state index < -0.39 is 21.0 Å². The van der Waals surface area contributed by atoms with Crippen LogP contribution in [0.25, 0.3) is 10.9 Å². The SMILES string of the molecule is Cc1cn(C(C)(C(=O)NCc2ccc(NC3CNC3)cc2)C(C)(C)C)c2ccc(S(=O)(=O)N3CCCCC3)cc12. The zero-order chi connectivity index (χ0) is 28.7. The summed E-state index contributed by atoms with van der Waals surface area (Å²) in [7, 11) is -3.55. The molecule has 1 unspecified atom stereocenters. The summed E-state index contributed by atoms with van der Waals surface area (Å²) in [4.78, 5) is 14.3. The van der Waals surface area contributed by atoms with Gasteiger partial charge < -0.3 is 20.5 Å². The molecule has 0 aliphatic carbocycles. The van der Waals surface area contributed by atoms with Gasteiger partial charge in [0, 0.05) is 55.5 Å². The lowest BCUT2D eigenvalue weighted by molar-refractivity contribution is -0.134. The molecule has 0 bridgehead atoms. The Morgan fingerprint density at radius 1 is 1.00 bits per heavy atom. The monoisotopic (exact) mass is 565 g/mol. The number of aryl methyl sites for hydroxylation is 1. The maximum absolute atomic E-state index is 14.0. The van der Waals surface area contributed by atoms with Crippen molar-refractivity contribution in [2.45, 2.75) is 76.9 Å². The van der Waals surface area contributed by atoms with E-state index in [9.17, 15) is 13.2 Å². The van der Waals surface area contributed by atoms with Crippen molar-refractivity contribution in [2.75, 3.05) is 31.5 Å². The van der Waals surface area contributed by atoms with Crippen molar-refractivity contribution in [1.82, 2.24) is 19.5 Å². The van der Waals surface area contributed by atoms with Gasteiger partial charge in [-0.05, 0) is 73.6 Å². The molecule has 2 aliphatic heterocycles. The molecule has 216 valence electrons. The number of aromatic nitrogens is 1. The van der Waals surface area contributed by atoms with Gasteiger partial charge in [-0.15, -0.1) is 0 Å². The number of carbonyl (C=O) groups excluding carboxylic acids is 1. The quantitative estimate of drug-likeness (QED) is 0.372. The van der Waals surface area contributed by atoms with Gasteiger partial charge in [0.05, 0.1) is 10.9 Å². The van der Waals surface area contributed by atoms with Crippen LogP contribution in [-0.2, 0) is 26.9 Å². The highest BCUT2D eigenvalue weighted by atomic mass is 32.2. The number of carbonyl (C=O) groups is 1. The minimum Gasteiger partial charge on any atom is -0.380 e. The Bertz CT molecular complexity index is 1480. The minimum atomic E-state index is -3.55. The van der Waals surface area contributed by atoms with Crippen LogP contribution in [0.15, 0.2) is 53.6 Å². The minimum absolute atomic E-state index is 0.0790. The van der Waals surface area contributed by atoms with Gasteiger partial charge in [-0.3, -0.25) is 4.79 Å². The van der Waals surface area contributed by atoms with Crippen LogP contribution in [0.4, 0.5) is 5.69 Å². The van der Waals surface area contributed by atoms with Crippen LogP contribution in [0.3, 0.4) is 0 Å². The Balaban J connectivity index is 1.40. The molecule has 0 spiro atoms. The molecule has 8 nitrogen and oxygen atoms in total. The Hall–Kier alpha value is -2.88. The van der Waals surface area contributed by atoms with E-state index in [-0.39, 0.29) is 5.91 Å². The second-order valence-electron chi connectivity index (χ2n) is 12.5. The number of fused-ring (bicyclic) bond motifs is 1. The van der Waals surface area contributed by atoms with E-state index in [0.29, 0.717) is 30.6 Å². The average Bonchev–Trinajstić information content (AvgIpc) is 3.25. The number of hydrogen-bond acceptors (Lipinski definition) is 5. The average molecular weight is 566 g/mol. The summed E-state index contributed by atoms with van der Waals surface area (Å²) in [6.45, 7) is 13.7. The zero-order valence-electron chi connectivity index (χ0n) is 24.4. The fourth-order valence-electron chi connectivity index (χ4n) is 5.67. The van der Waals surface area contributed by atoms with E-state index in [1.54, 1.807) is 16.4 Å². The number of nitrogens with zero attached hydrogens (tertiary/aromatic N) is 2. The van der Waals surface area contributed by atoms with E-state index in [1.165, 1.54) is 0 Å². The molecule has 0 radical (unpaired) electrons. The summed E-state index contributed by atoms with van der Waals surface area (Å²) in [5.41, 5.74) is 2.55. The molecule has 3 heterocycles. The molecule has 3 aromatic rings. The number of nitrogens with one attached hydrogen (secondary N) is 3. The van der Waals surface area contributed by atoms with Gasteiger partial charge >= 0.3 is 0 Å². The molecule has 1 aromatic heterocycles. The van der Waals surface area contributed by atoms with Gasteiger partial charge in [0.25, 0.3) is 0 Å². The number of benzene rings is 2. The fourth-order valence-corrected chi connectivity index (χ4v) is 7.21. The van der Waals surface area contributed by atoms with Crippen molar-refractivity contribution in [3.8, 4) is 0 Å². The maximum atomic E-state index is 14.0. The molecule has 2 aromatic carbocycles. The third-order valence-corrected chi connectivity index (χ3v) is 10.8. The van der Waals surface area contributed by atoms with Gasteiger partial charge in [-0.2, -0.15) is 4.31 Å². The Kier molecular flexibility index (Phi) is 7.76. The molecule has 3 N–H and O–H groups in total. The van der Waals surface area contributed by atoms with E-state index in [2.05, 4.69) is 48.9 Å². The standard InChI is InChI=1S/C31H43N5O3S/c1-22-21-36(28-14-13-26(17-27(22)28)40(38,39)35-15-7-6-8-16-35)31(5,30(2,3)4)29(37)33-18-23-9-11-24(12-10-23)34-25-19-32-20-25/h9-14,17,21,25,32,34H,6-8,15-16,18-20H2,1-5H3,(H,33,37).